The first-order valence-electron chi connectivity index (χ1n) is 12.0. The number of ether oxygens (including phenoxy) is 4. The van der Waals surface area contributed by atoms with E-state index in [0.717, 1.165) is 5.57 Å². The fourth-order valence-electron chi connectivity index (χ4n) is 4.54. The summed E-state index contributed by atoms with van der Waals surface area (Å²) >= 11 is 0. The van der Waals surface area contributed by atoms with Crippen LogP contribution in [0.1, 0.15) is 26.7 Å². The van der Waals surface area contributed by atoms with Crippen molar-refractivity contribution in [2.24, 2.45) is 11.8 Å². The van der Waals surface area contributed by atoms with Crippen molar-refractivity contribution in [3.05, 3.63) is 47.3 Å². The van der Waals surface area contributed by atoms with Crippen molar-refractivity contribution >= 4 is 5.97 Å². The van der Waals surface area contributed by atoms with E-state index < -0.39 is 67.5 Å². The number of hydrogen-bond acceptors (Lipinski definition) is 11. The van der Waals surface area contributed by atoms with Crippen molar-refractivity contribution in [2.45, 2.75) is 69.8 Å². The number of aliphatic hydroxyl groups is 6. The largest absolute Gasteiger partial charge is 0.472 e. The van der Waals surface area contributed by atoms with Gasteiger partial charge in [0.15, 0.2) is 6.29 Å². The Labute approximate surface area is 209 Å². The van der Waals surface area contributed by atoms with E-state index in [1.807, 2.05) is 6.92 Å². The second kappa shape index (κ2) is 12.9. The summed E-state index contributed by atoms with van der Waals surface area (Å²) in [5.41, 5.74) is 1.95. The number of hydrogen-bond donors (Lipinski definition) is 6. The van der Waals surface area contributed by atoms with Crippen molar-refractivity contribution in [1.29, 1.82) is 0 Å². The summed E-state index contributed by atoms with van der Waals surface area (Å²) in [5.74, 6) is -1.52. The second-order valence-corrected chi connectivity index (χ2v) is 9.20. The van der Waals surface area contributed by atoms with Crippen LogP contribution in [0.2, 0.25) is 0 Å². The zero-order valence-electron chi connectivity index (χ0n) is 20.3. The van der Waals surface area contributed by atoms with Crippen LogP contribution in [0, 0.1) is 11.8 Å². The first-order valence-corrected chi connectivity index (χ1v) is 12.0. The van der Waals surface area contributed by atoms with Crippen LogP contribution in [0.5, 0.6) is 0 Å². The Kier molecular flexibility index (Phi) is 10.2. The fraction of sp³-hybridized carbons (Fsp3) is 0.640. The highest BCUT2D eigenvalue weighted by molar-refractivity contribution is 5.88. The number of rotatable bonds is 10. The summed E-state index contributed by atoms with van der Waals surface area (Å²) in [4.78, 5) is 12.7. The van der Waals surface area contributed by atoms with Crippen molar-refractivity contribution in [3.8, 4) is 0 Å². The minimum absolute atomic E-state index is 0.0291. The Balaban J connectivity index is 1.67. The maximum absolute atomic E-state index is 12.7. The zero-order valence-corrected chi connectivity index (χ0v) is 20.3. The molecule has 0 saturated carbocycles. The lowest BCUT2D eigenvalue weighted by Gasteiger charge is -2.42. The third-order valence-electron chi connectivity index (χ3n) is 6.70. The van der Waals surface area contributed by atoms with Crippen LogP contribution >= 0.6 is 0 Å². The average Bonchev–Trinajstić information content (AvgIpc) is 3.22. The van der Waals surface area contributed by atoms with Crippen LogP contribution in [0.25, 0.3) is 0 Å². The molecule has 9 atom stereocenters. The van der Waals surface area contributed by atoms with Crippen LogP contribution in [-0.2, 0) is 23.7 Å². The van der Waals surface area contributed by atoms with Gasteiger partial charge in [-0.25, -0.2) is 4.79 Å². The maximum Gasteiger partial charge on any atom is 0.333 e. The number of allylic oxidation sites excluding steroid dienone is 2. The van der Waals surface area contributed by atoms with E-state index in [1.54, 1.807) is 31.2 Å². The lowest BCUT2D eigenvalue weighted by atomic mass is 9.88. The molecular weight excluding hydrogens is 476 g/mol. The molecule has 1 saturated heterocycles. The predicted molar refractivity (Wildman–Crippen MR) is 125 cm³/mol. The molecule has 2 aliphatic heterocycles. The molecule has 36 heavy (non-hydrogen) atoms. The summed E-state index contributed by atoms with van der Waals surface area (Å²) in [7, 11) is 0. The molecule has 0 aromatic heterocycles. The molecule has 11 nitrogen and oxygen atoms in total. The van der Waals surface area contributed by atoms with Gasteiger partial charge in [0.1, 0.15) is 30.5 Å². The number of carbonyl (C=O) groups excluding carboxylic acids is 1. The van der Waals surface area contributed by atoms with Gasteiger partial charge in [-0.2, -0.15) is 0 Å². The number of esters is 1. The minimum Gasteiger partial charge on any atom is -0.472 e. The molecule has 0 aromatic rings. The van der Waals surface area contributed by atoms with Gasteiger partial charge in [-0.05, 0) is 44.4 Å². The molecule has 202 valence electrons. The summed E-state index contributed by atoms with van der Waals surface area (Å²) in [6.07, 6.45) is 0.384. The highest BCUT2D eigenvalue weighted by Gasteiger charge is 2.50. The summed E-state index contributed by atoms with van der Waals surface area (Å²) in [6, 6.07) is 0. The van der Waals surface area contributed by atoms with Gasteiger partial charge in [-0.15, -0.1) is 0 Å². The predicted octanol–water partition coefficient (Wildman–Crippen LogP) is -0.585. The molecule has 9 unspecified atom stereocenters. The molecule has 11 heteroatoms. The van der Waals surface area contributed by atoms with Crippen LogP contribution < -0.4 is 0 Å². The van der Waals surface area contributed by atoms with Crippen molar-refractivity contribution in [3.63, 3.8) is 0 Å². The van der Waals surface area contributed by atoms with E-state index in [-0.39, 0.29) is 13.2 Å². The van der Waals surface area contributed by atoms with Gasteiger partial charge in [0.25, 0.3) is 0 Å². The Bertz CT molecular complexity index is 877. The van der Waals surface area contributed by atoms with E-state index in [2.05, 4.69) is 0 Å². The zero-order chi connectivity index (χ0) is 26.4. The molecule has 1 aliphatic carbocycles. The van der Waals surface area contributed by atoms with Gasteiger partial charge in [0, 0.05) is 11.5 Å². The Hall–Kier alpha value is -2.09. The van der Waals surface area contributed by atoms with Crippen LogP contribution in [0.15, 0.2) is 47.3 Å². The molecule has 3 aliphatic rings. The third kappa shape index (κ3) is 6.42. The Morgan fingerprint density at radius 2 is 1.81 bits per heavy atom. The maximum atomic E-state index is 12.7. The molecule has 0 aromatic carbocycles. The van der Waals surface area contributed by atoms with Crippen molar-refractivity contribution < 1.29 is 54.4 Å². The van der Waals surface area contributed by atoms with Gasteiger partial charge < -0.3 is 49.6 Å². The molecule has 0 bridgehead atoms. The second-order valence-electron chi connectivity index (χ2n) is 9.20. The standard InChI is InChI=1S/C25H36O11/c1-13(6-8-26)4-3-5-14(2)23(32)34-17-10-15(11-27)19-16(17)7-9-33-24(19)36-25-22(31)21(30)20(29)18(12-28)35-25/h5-7,9-10,16-22,24-31H,3-4,8,11-12H2,1-2H3. The van der Waals surface area contributed by atoms with E-state index >= 15 is 0 Å². The normalized spacial score (nSPS) is 36.8. The van der Waals surface area contributed by atoms with Crippen LogP contribution in [-0.4, -0.2) is 99.5 Å². The van der Waals surface area contributed by atoms with Crippen LogP contribution in [0.3, 0.4) is 0 Å². The monoisotopic (exact) mass is 512 g/mol. The van der Waals surface area contributed by atoms with Gasteiger partial charge >= 0.3 is 5.97 Å². The molecule has 2 heterocycles. The molecule has 1 fully saturated rings. The van der Waals surface area contributed by atoms with Gasteiger partial charge in [0.05, 0.1) is 32.0 Å². The van der Waals surface area contributed by atoms with E-state index in [0.29, 0.717) is 24.0 Å². The summed E-state index contributed by atoms with van der Waals surface area (Å²) < 4.78 is 22.5. The highest BCUT2D eigenvalue weighted by atomic mass is 16.8. The lowest BCUT2D eigenvalue weighted by Crippen LogP contribution is -2.60. The van der Waals surface area contributed by atoms with Gasteiger partial charge in [-0.1, -0.05) is 17.7 Å². The molecule has 0 radical (unpaired) electrons. The van der Waals surface area contributed by atoms with E-state index in [4.69, 9.17) is 24.1 Å². The van der Waals surface area contributed by atoms with Crippen LogP contribution in [0.4, 0.5) is 0 Å². The number of carbonyl (C=O) groups is 1. The minimum atomic E-state index is -1.61. The first kappa shape index (κ1) is 28.5. The Morgan fingerprint density at radius 3 is 2.47 bits per heavy atom. The lowest BCUT2D eigenvalue weighted by molar-refractivity contribution is -0.339. The van der Waals surface area contributed by atoms with Crippen molar-refractivity contribution in [1.82, 2.24) is 0 Å². The first-order chi connectivity index (χ1) is 17.2. The molecule has 0 spiro atoms. The fourth-order valence-corrected chi connectivity index (χ4v) is 4.54. The van der Waals surface area contributed by atoms with Gasteiger partial charge in [-0.3, -0.25) is 0 Å². The van der Waals surface area contributed by atoms with Gasteiger partial charge in [0.2, 0.25) is 6.29 Å². The third-order valence-corrected chi connectivity index (χ3v) is 6.70. The average molecular weight is 513 g/mol. The topological polar surface area (TPSA) is 175 Å². The summed E-state index contributed by atoms with van der Waals surface area (Å²) in [5, 5.41) is 58.6. The SMILES string of the molecule is CC(=CCO)CCC=C(C)C(=O)OC1C=C(CO)C2C(OC3OC(CO)C(O)C(O)C3O)OC=CC12. The Morgan fingerprint density at radius 1 is 1.06 bits per heavy atom. The quantitative estimate of drug-likeness (QED) is 0.125. The molecular formula is C25H36O11. The number of fused-ring (bicyclic) bond motifs is 1. The summed E-state index contributed by atoms with van der Waals surface area (Å²) in [6.45, 7) is 2.57. The van der Waals surface area contributed by atoms with Crippen molar-refractivity contribution in [2.75, 3.05) is 19.8 Å². The molecule has 6 N–H and O–H groups in total. The molecule has 3 rings (SSSR count). The smallest absolute Gasteiger partial charge is 0.333 e. The number of aliphatic hydroxyl groups excluding tert-OH is 6. The van der Waals surface area contributed by atoms with E-state index in [9.17, 15) is 30.3 Å². The molecule has 0 amide bonds. The highest BCUT2D eigenvalue weighted by Crippen LogP contribution is 2.42. The van der Waals surface area contributed by atoms with E-state index in [1.165, 1.54) is 6.26 Å².